The van der Waals surface area contributed by atoms with Crippen LogP contribution in [0.25, 0.3) is 0 Å². The highest BCUT2D eigenvalue weighted by molar-refractivity contribution is 7.89. The molecule has 192 valence electrons. The van der Waals surface area contributed by atoms with Crippen molar-refractivity contribution in [2.75, 3.05) is 40.0 Å². The molecule has 4 rings (SSSR count). The molecule has 0 bridgehead atoms. The second kappa shape index (κ2) is 11.5. The maximum Gasteiger partial charge on any atom is 0.243 e. The highest BCUT2D eigenvalue weighted by Crippen LogP contribution is 2.34. The lowest BCUT2D eigenvalue weighted by Crippen LogP contribution is -2.48. The molecule has 1 aliphatic heterocycles. The van der Waals surface area contributed by atoms with E-state index in [9.17, 15) is 17.6 Å². The van der Waals surface area contributed by atoms with Gasteiger partial charge in [-0.2, -0.15) is 4.31 Å². The third-order valence-corrected chi connectivity index (χ3v) is 9.02. The lowest BCUT2D eigenvalue weighted by atomic mass is 10.0. The number of sulfonamides is 1. The van der Waals surface area contributed by atoms with Gasteiger partial charge in [0, 0.05) is 25.1 Å². The van der Waals surface area contributed by atoms with Crippen molar-refractivity contribution >= 4 is 27.3 Å². The van der Waals surface area contributed by atoms with Gasteiger partial charge in [-0.25, -0.2) is 12.8 Å². The van der Waals surface area contributed by atoms with Crippen molar-refractivity contribution in [1.82, 2.24) is 9.21 Å². The number of halogens is 1. The van der Waals surface area contributed by atoms with E-state index in [0.29, 0.717) is 13.0 Å². The number of aryl methyl sites for hydroxylation is 1. The summed E-state index contributed by atoms with van der Waals surface area (Å²) in [7, 11) is -2.44. The Balaban J connectivity index is 1.57. The Hall–Kier alpha value is -2.79. The van der Waals surface area contributed by atoms with E-state index in [-0.39, 0.29) is 42.9 Å². The highest BCUT2D eigenvalue weighted by atomic mass is 32.2. The van der Waals surface area contributed by atoms with Gasteiger partial charge in [-0.3, -0.25) is 4.79 Å². The number of rotatable bonds is 10. The normalized spacial score (nSPS) is 15.7. The van der Waals surface area contributed by atoms with Gasteiger partial charge in [0.2, 0.25) is 15.9 Å². The van der Waals surface area contributed by atoms with Crippen molar-refractivity contribution in [3.05, 3.63) is 81.8 Å². The van der Waals surface area contributed by atoms with Crippen molar-refractivity contribution < 1.29 is 27.1 Å². The first kappa shape index (κ1) is 26.3. The number of hydrogen-bond donors (Lipinski definition) is 0. The van der Waals surface area contributed by atoms with E-state index in [1.54, 1.807) is 58.7 Å². The van der Waals surface area contributed by atoms with Gasteiger partial charge in [0.15, 0.2) is 11.6 Å². The third-order valence-electron chi connectivity index (χ3n) is 6.16. The smallest absolute Gasteiger partial charge is 0.243 e. The molecule has 1 aromatic heterocycles. The van der Waals surface area contributed by atoms with Crippen molar-refractivity contribution in [2.45, 2.75) is 24.3 Å². The second-order valence-corrected chi connectivity index (χ2v) is 11.5. The zero-order valence-corrected chi connectivity index (χ0v) is 21.9. The van der Waals surface area contributed by atoms with Gasteiger partial charge in [-0.1, -0.05) is 29.8 Å². The molecule has 1 unspecified atom stereocenters. The van der Waals surface area contributed by atoms with Crippen LogP contribution in [0.15, 0.2) is 64.9 Å². The van der Waals surface area contributed by atoms with E-state index in [0.717, 1.165) is 20.3 Å². The van der Waals surface area contributed by atoms with Crippen LogP contribution < -0.4 is 4.74 Å². The molecule has 36 heavy (non-hydrogen) atoms. The highest BCUT2D eigenvalue weighted by Gasteiger charge is 2.35. The molecule has 0 aliphatic carbocycles. The molecule has 2 aromatic carbocycles. The number of thiophene rings is 1. The number of carbonyl (C=O) groups excluding carboxylic acids is 1. The minimum absolute atomic E-state index is 0.0341. The molecule has 0 saturated carbocycles. The van der Waals surface area contributed by atoms with E-state index in [2.05, 4.69) is 0 Å². The van der Waals surface area contributed by atoms with Crippen LogP contribution in [0.2, 0.25) is 0 Å². The number of ether oxygens (including phenoxy) is 2. The largest absolute Gasteiger partial charge is 0.488 e. The first-order valence-electron chi connectivity index (χ1n) is 11.6. The Kier molecular flexibility index (Phi) is 8.40. The molecule has 0 spiro atoms. The zero-order valence-electron chi connectivity index (χ0n) is 20.2. The van der Waals surface area contributed by atoms with Gasteiger partial charge in [0.25, 0.3) is 0 Å². The fourth-order valence-corrected chi connectivity index (χ4v) is 6.49. The van der Waals surface area contributed by atoms with Crippen LogP contribution in [-0.2, 0) is 26.0 Å². The van der Waals surface area contributed by atoms with Gasteiger partial charge < -0.3 is 14.4 Å². The SMILES string of the molecule is COCCN(CC(=O)N1CCc2sccc2C1COc1ccccc1F)S(=O)(=O)c1ccc(C)cc1. The monoisotopic (exact) mass is 532 g/mol. The molecule has 0 saturated heterocycles. The molecule has 10 heteroatoms. The second-order valence-electron chi connectivity index (χ2n) is 8.54. The Labute approximate surface area is 215 Å². The summed E-state index contributed by atoms with van der Waals surface area (Å²) in [6, 6.07) is 14.1. The molecule has 1 amide bonds. The van der Waals surface area contributed by atoms with Gasteiger partial charge in [0.05, 0.1) is 24.1 Å². The van der Waals surface area contributed by atoms with E-state index in [1.807, 2.05) is 18.4 Å². The number of amides is 1. The first-order chi connectivity index (χ1) is 17.3. The Morgan fingerprint density at radius 2 is 1.92 bits per heavy atom. The average molecular weight is 533 g/mol. The summed E-state index contributed by atoms with van der Waals surface area (Å²) in [5.74, 6) is -0.719. The number of hydrogen-bond acceptors (Lipinski definition) is 6. The molecule has 7 nitrogen and oxygen atoms in total. The first-order valence-corrected chi connectivity index (χ1v) is 13.9. The van der Waals surface area contributed by atoms with Crippen LogP contribution in [0, 0.1) is 12.7 Å². The summed E-state index contributed by atoms with van der Waals surface area (Å²) in [5, 5.41) is 1.96. The quantitative estimate of drug-likeness (QED) is 0.394. The van der Waals surface area contributed by atoms with E-state index >= 15 is 0 Å². The maximum absolute atomic E-state index is 14.2. The molecular weight excluding hydrogens is 503 g/mol. The summed E-state index contributed by atoms with van der Waals surface area (Å²) >= 11 is 1.60. The molecule has 1 atom stereocenters. The van der Waals surface area contributed by atoms with Crippen LogP contribution >= 0.6 is 11.3 Å². The average Bonchev–Trinajstić information content (AvgIpc) is 3.35. The van der Waals surface area contributed by atoms with Crippen molar-refractivity contribution in [1.29, 1.82) is 0 Å². The zero-order chi connectivity index (χ0) is 25.7. The van der Waals surface area contributed by atoms with Gasteiger partial charge >= 0.3 is 0 Å². The number of carbonyl (C=O) groups is 1. The molecule has 3 aromatic rings. The van der Waals surface area contributed by atoms with E-state index in [1.165, 1.54) is 13.2 Å². The third kappa shape index (κ3) is 5.78. The molecule has 0 fully saturated rings. The number of para-hydroxylation sites is 1. The summed E-state index contributed by atoms with van der Waals surface area (Å²) in [5.41, 5.74) is 1.88. The predicted molar refractivity (Wildman–Crippen MR) is 136 cm³/mol. The van der Waals surface area contributed by atoms with Crippen LogP contribution in [0.1, 0.15) is 22.0 Å². The van der Waals surface area contributed by atoms with Crippen molar-refractivity contribution in [2.24, 2.45) is 0 Å². The fourth-order valence-electron chi connectivity index (χ4n) is 4.18. The van der Waals surface area contributed by atoms with Gasteiger partial charge in [-0.15, -0.1) is 11.3 Å². The lowest BCUT2D eigenvalue weighted by Gasteiger charge is -2.37. The van der Waals surface area contributed by atoms with Crippen LogP contribution in [0.3, 0.4) is 0 Å². The van der Waals surface area contributed by atoms with Crippen molar-refractivity contribution in [3.8, 4) is 5.75 Å². The number of methoxy groups -OCH3 is 1. The van der Waals surface area contributed by atoms with Crippen LogP contribution in [-0.4, -0.2) is 63.5 Å². The Morgan fingerprint density at radius 1 is 1.17 bits per heavy atom. The number of nitrogens with zero attached hydrogens (tertiary/aromatic N) is 2. The van der Waals surface area contributed by atoms with Crippen LogP contribution in [0.4, 0.5) is 4.39 Å². The minimum atomic E-state index is -3.92. The topological polar surface area (TPSA) is 76.2 Å². The molecular formula is C26H29FN2O5S2. The van der Waals surface area contributed by atoms with Crippen LogP contribution in [0.5, 0.6) is 5.75 Å². The molecule has 0 radical (unpaired) electrons. The summed E-state index contributed by atoms with van der Waals surface area (Å²) in [6.45, 7) is 2.19. The molecule has 1 aliphatic rings. The summed E-state index contributed by atoms with van der Waals surface area (Å²) in [4.78, 5) is 16.5. The summed E-state index contributed by atoms with van der Waals surface area (Å²) in [6.07, 6.45) is 0.664. The fraction of sp³-hybridized carbons (Fsp3) is 0.346. The number of fused-ring (bicyclic) bond motifs is 1. The van der Waals surface area contributed by atoms with E-state index < -0.39 is 21.9 Å². The molecule has 0 N–H and O–H groups in total. The number of benzene rings is 2. The lowest BCUT2D eigenvalue weighted by molar-refractivity contribution is -0.135. The van der Waals surface area contributed by atoms with Gasteiger partial charge in [0.1, 0.15) is 6.61 Å². The summed E-state index contributed by atoms with van der Waals surface area (Å²) < 4.78 is 53.0. The maximum atomic E-state index is 14.2. The minimum Gasteiger partial charge on any atom is -0.488 e. The standard InChI is InChI=1S/C26H29FN2O5S2/c1-19-7-9-20(10-8-19)36(31,32)28(14-15-33-2)17-26(30)29-13-11-25-21(12-16-35-25)23(29)18-34-24-6-4-3-5-22(24)27/h3-10,12,16,23H,11,13-15,17-18H2,1-2H3. The van der Waals surface area contributed by atoms with Gasteiger partial charge in [-0.05, 0) is 54.6 Å². The van der Waals surface area contributed by atoms with Crippen molar-refractivity contribution in [3.63, 3.8) is 0 Å². The molecule has 2 heterocycles. The Morgan fingerprint density at radius 3 is 2.64 bits per heavy atom. The Bertz CT molecular complexity index is 1290. The van der Waals surface area contributed by atoms with E-state index in [4.69, 9.17) is 9.47 Å². The predicted octanol–water partition coefficient (Wildman–Crippen LogP) is 4.04.